The van der Waals surface area contributed by atoms with Gasteiger partial charge in [-0.1, -0.05) is 12.8 Å². The van der Waals surface area contributed by atoms with Gasteiger partial charge in [-0.25, -0.2) is 4.79 Å². The van der Waals surface area contributed by atoms with Crippen LogP contribution in [0.1, 0.15) is 49.9 Å². The van der Waals surface area contributed by atoms with Gasteiger partial charge in [-0.3, -0.25) is 19.3 Å². The lowest BCUT2D eigenvalue weighted by Gasteiger charge is -2.21. The average Bonchev–Trinajstić information content (AvgIpc) is 2.97. The molecule has 150 valence electrons. The van der Waals surface area contributed by atoms with Crippen LogP contribution in [0, 0.1) is 11.8 Å². The van der Waals surface area contributed by atoms with Gasteiger partial charge in [0.2, 0.25) is 11.8 Å². The molecule has 7 heteroatoms. The molecule has 1 aliphatic heterocycles. The zero-order valence-corrected chi connectivity index (χ0v) is 16.2. The van der Waals surface area contributed by atoms with Gasteiger partial charge < -0.3 is 9.47 Å². The lowest BCUT2D eigenvalue weighted by atomic mass is 9.81. The summed E-state index contributed by atoms with van der Waals surface area (Å²) in [5.41, 5.74) is 0.392. The molecule has 1 saturated heterocycles. The van der Waals surface area contributed by atoms with Gasteiger partial charge in [-0.2, -0.15) is 0 Å². The fraction of sp³-hybridized carbons (Fsp3) is 0.524. The van der Waals surface area contributed by atoms with Crippen molar-refractivity contribution in [1.29, 1.82) is 0 Å². The Balaban J connectivity index is 1.57. The summed E-state index contributed by atoms with van der Waals surface area (Å²) in [6, 6.07) is 5.51. The van der Waals surface area contributed by atoms with Crippen LogP contribution < -0.4 is 4.74 Å². The topological polar surface area (TPSA) is 90.0 Å². The summed E-state index contributed by atoms with van der Waals surface area (Å²) in [6.45, 7) is 3.42. The van der Waals surface area contributed by atoms with Crippen molar-refractivity contribution in [2.75, 3.05) is 13.2 Å². The van der Waals surface area contributed by atoms with E-state index in [9.17, 15) is 19.2 Å². The Kier molecular flexibility index (Phi) is 6.11. The van der Waals surface area contributed by atoms with E-state index in [0.29, 0.717) is 30.8 Å². The summed E-state index contributed by atoms with van der Waals surface area (Å²) in [5, 5.41) is 0. The van der Waals surface area contributed by atoms with Gasteiger partial charge in [0, 0.05) is 5.56 Å². The Hall–Kier alpha value is -2.70. The lowest BCUT2D eigenvalue weighted by molar-refractivity contribution is -0.157. The smallest absolute Gasteiger partial charge is 0.329 e. The van der Waals surface area contributed by atoms with Crippen molar-refractivity contribution in [2.24, 2.45) is 11.8 Å². The number of Topliss-reactive ketones (excluding diaryl/α,β-unsaturated/α-hetero) is 1. The first kappa shape index (κ1) is 20.0. The summed E-state index contributed by atoms with van der Waals surface area (Å²) in [4.78, 5) is 50.7. The molecular weight excluding hydrogens is 362 g/mol. The van der Waals surface area contributed by atoms with Gasteiger partial charge in [0.1, 0.15) is 11.8 Å². The van der Waals surface area contributed by atoms with Crippen LogP contribution in [0.4, 0.5) is 0 Å². The van der Waals surface area contributed by atoms with E-state index in [1.165, 1.54) is 6.92 Å². The second kappa shape index (κ2) is 8.54. The van der Waals surface area contributed by atoms with E-state index >= 15 is 0 Å². The molecular formula is C21H25NO6. The van der Waals surface area contributed by atoms with Gasteiger partial charge in [0.25, 0.3) is 0 Å². The summed E-state index contributed by atoms with van der Waals surface area (Å²) in [5.74, 6) is -1.69. The second-order valence-electron chi connectivity index (χ2n) is 7.21. The van der Waals surface area contributed by atoms with E-state index in [2.05, 4.69) is 0 Å². The minimum absolute atomic E-state index is 0.294. The van der Waals surface area contributed by atoms with E-state index in [4.69, 9.17) is 9.47 Å². The number of esters is 1. The van der Waals surface area contributed by atoms with Crippen LogP contribution in [0.5, 0.6) is 5.75 Å². The van der Waals surface area contributed by atoms with Crippen molar-refractivity contribution < 1.29 is 28.7 Å². The molecule has 0 spiro atoms. The third-order valence-electron chi connectivity index (χ3n) is 5.44. The molecule has 0 radical (unpaired) electrons. The number of benzene rings is 1. The number of hydrogen-bond donors (Lipinski definition) is 0. The number of fused-ring (bicyclic) bond motifs is 1. The highest BCUT2D eigenvalue weighted by molar-refractivity contribution is 6.08. The predicted octanol–water partition coefficient (Wildman–Crippen LogP) is 2.37. The number of rotatable bonds is 7. The molecule has 3 rings (SSSR count). The quantitative estimate of drug-likeness (QED) is 0.405. The highest BCUT2D eigenvalue weighted by Crippen LogP contribution is 2.38. The number of carbonyl (C=O) groups is 4. The molecule has 0 bridgehead atoms. The van der Waals surface area contributed by atoms with Crippen molar-refractivity contribution in [1.82, 2.24) is 4.90 Å². The number of carbonyl (C=O) groups excluding carboxylic acids is 4. The zero-order chi connectivity index (χ0) is 20.3. The van der Waals surface area contributed by atoms with Gasteiger partial charge in [0.05, 0.1) is 18.4 Å². The predicted molar refractivity (Wildman–Crippen MR) is 99.7 cm³/mol. The third kappa shape index (κ3) is 3.93. The Morgan fingerprint density at radius 3 is 2.18 bits per heavy atom. The molecule has 1 heterocycles. The van der Waals surface area contributed by atoms with Crippen LogP contribution in [0.25, 0.3) is 0 Å². The van der Waals surface area contributed by atoms with Crippen LogP contribution in [-0.4, -0.2) is 47.7 Å². The van der Waals surface area contributed by atoms with E-state index < -0.39 is 18.6 Å². The van der Waals surface area contributed by atoms with Crippen LogP contribution in [0.2, 0.25) is 0 Å². The molecule has 2 fully saturated rings. The highest BCUT2D eigenvalue weighted by atomic mass is 16.5. The average molecular weight is 387 g/mol. The number of imide groups is 1. The Labute approximate surface area is 164 Å². The molecule has 0 aromatic heterocycles. The van der Waals surface area contributed by atoms with Crippen molar-refractivity contribution in [3.8, 4) is 5.75 Å². The molecule has 1 aromatic carbocycles. The fourth-order valence-electron chi connectivity index (χ4n) is 3.92. The van der Waals surface area contributed by atoms with Crippen molar-refractivity contribution in [3.05, 3.63) is 29.8 Å². The van der Waals surface area contributed by atoms with E-state index in [0.717, 1.165) is 17.7 Å². The molecule has 2 amide bonds. The summed E-state index contributed by atoms with van der Waals surface area (Å²) < 4.78 is 10.4. The number of ketones is 1. The van der Waals surface area contributed by atoms with Crippen molar-refractivity contribution >= 4 is 23.6 Å². The number of hydrogen-bond acceptors (Lipinski definition) is 6. The van der Waals surface area contributed by atoms with Gasteiger partial charge in [-0.05, 0) is 51.0 Å². The van der Waals surface area contributed by atoms with Crippen LogP contribution in [0.3, 0.4) is 0 Å². The fourth-order valence-corrected chi connectivity index (χ4v) is 3.92. The number of amides is 2. The minimum Gasteiger partial charge on any atom is -0.494 e. The molecule has 3 atom stereocenters. The third-order valence-corrected chi connectivity index (χ3v) is 5.44. The number of ether oxygens (including phenoxy) is 2. The normalized spacial score (nSPS) is 22.6. The standard InChI is InChI=1S/C21H25NO6/c1-3-27-15-10-8-14(9-11-15)18(23)12-28-21(26)13(2)22-19(24)16-6-4-5-7-17(16)20(22)25/h8-11,13,16-17H,3-7,12H2,1-2H3. The Bertz CT molecular complexity index is 748. The molecule has 0 N–H and O–H groups in total. The maximum Gasteiger partial charge on any atom is 0.329 e. The summed E-state index contributed by atoms with van der Waals surface area (Å²) in [6.07, 6.45) is 3.21. The molecule has 1 aliphatic carbocycles. The van der Waals surface area contributed by atoms with E-state index in [1.54, 1.807) is 24.3 Å². The number of nitrogens with zero attached hydrogens (tertiary/aromatic N) is 1. The largest absolute Gasteiger partial charge is 0.494 e. The monoisotopic (exact) mass is 387 g/mol. The van der Waals surface area contributed by atoms with E-state index in [-0.39, 0.29) is 29.4 Å². The summed E-state index contributed by atoms with van der Waals surface area (Å²) in [7, 11) is 0. The first-order valence-electron chi connectivity index (χ1n) is 9.73. The molecule has 7 nitrogen and oxygen atoms in total. The van der Waals surface area contributed by atoms with Gasteiger partial charge in [0.15, 0.2) is 12.4 Å². The molecule has 3 unspecified atom stereocenters. The maximum absolute atomic E-state index is 12.6. The molecule has 28 heavy (non-hydrogen) atoms. The van der Waals surface area contributed by atoms with Crippen molar-refractivity contribution in [3.63, 3.8) is 0 Å². The Morgan fingerprint density at radius 1 is 1.07 bits per heavy atom. The van der Waals surface area contributed by atoms with Crippen LogP contribution in [0.15, 0.2) is 24.3 Å². The van der Waals surface area contributed by atoms with Crippen molar-refractivity contribution in [2.45, 2.75) is 45.6 Å². The SMILES string of the molecule is CCOc1ccc(C(=O)COC(=O)C(C)N2C(=O)C3CCCCC3C2=O)cc1. The number of likely N-dealkylation sites (tertiary alicyclic amines) is 1. The first-order valence-corrected chi connectivity index (χ1v) is 9.73. The van der Waals surface area contributed by atoms with Gasteiger partial charge in [-0.15, -0.1) is 0 Å². The Morgan fingerprint density at radius 2 is 1.64 bits per heavy atom. The van der Waals surface area contributed by atoms with Crippen LogP contribution in [-0.2, 0) is 19.1 Å². The molecule has 2 aliphatic rings. The molecule has 1 aromatic rings. The lowest BCUT2D eigenvalue weighted by Crippen LogP contribution is -2.44. The highest BCUT2D eigenvalue weighted by Gasteiger charge is 2.51. The summed E-state index contributed by atoms with van der Waals surface area (Å²) >= 11 is 0. The molecule has 1 saturated carbocycles. The first-order chi connectivity index (χ1) is 13.4. The zero-order valence-electron chi connectivity index (χ0n) is 16.2. The van der Waals surface area contributed by atoms with Gasteiger partial charge >= 0.3 is 5.97 Å². The second-order valence-corrected chi connectivity index (χ2v) is 7.21. The maximum atomic E-state index is 12.6. The van der Waals surface area contributed by atoms with E-state index in [1.807, 2.05) is 6.92 Å². The minimum atomic E-state index is -1.03. The van der Waals surface area contributed by atoms with Crippen LogP contribution >= 0.6 is 0 Å².